The molecule has 1 fully saturated rings. The molecule has 1 N–H and O–H groups in total. The van der Waals surface area contributed by atoms with Gasteiger partial charge in [0, 0.05) is 25.0 Å². The molecule has 0 bridgehead atoms. The normalized spacial score (nSPS) is 15.8. The summed E-state index contributed by atoms with van der Waals surface area (Å²) >= 11 is 0. The van der Waals surface area contributed by atoms with Crippen LogP contribution in [0.3, 0.4) is 0 Å². The van der Waals surface area contributed by atoms with Gasteiger partial charge >= 0.3 is 0 Å². The Morgan fingerprint density at radius 1 is 1.12 bits per heavy atom. The van der Waals surface area contributed by atoms with E-state index in [2.05, 4.69) is 10.3 Å². The van der Waals surface area contributed by atoms with Crippen LogP contribution in [-0.4, -0.2) is 34.8 Å². The lowest BCUT2D eigenvalue weighted by Gasteiger charge is -2.32. The Kier molecular flexibility index (Phi) is 6.80. The number of anilines is 1. The van der Waals surface area contributed by atoms with Crippen molar-refractivity contribution in [3.8, 4) is 11.5 Å². The predicted molar refractivity (Wildman–Crippen MR) is 124 cm³/mol. The van der Waals surface area contributed by atoms with Crippen LogP contribution in [0.25, 0.3) is 0 Å². The minimum Gasteiger partial charge on any atom is -0.455 e. The maximum atomic E-state index is 12.9. The van der Waals surface area contributed by atoms with Crippen LogP contribution in [-0.2, 0) is 16.0 Å². The van der Waals surface area contributed by atoms with Crippen molar-refractivity contribution in [3.05, 3.63) is 84.2 Å². The second-order valence-electron chi connectivity index (χ2n) is 8.10. The summed E-state index contributed by atoms with van der Waals surface area (Å²) in [4.78, 5) is 31.5. The number of ether oxygens (including phenoxy) is 1. The molecule has 2 heterocycles. The molecule has 164 valence electrons. The minimum atomic E-state index is -0.213. The molecule has 2 aromatic carbocycles. The fourth-order valence-corrected chi connectivity index (χ4v) is 3.92. The molecule has 4 rings (SSSR count). The molecule has 32 heavy (non-hydrogen) atoms. The Labute approximate surface area is 188 Å². The highest BCUT2D eigenvalue weighted by molar-refractivity contribution is 5.93. The zero-order valence-electron chi connectivity index (χ0n) is 18.2. The highest BCUT2D eigenvalue weighted by Crippen LogP contribution is 2.27. The van der Waals surface area contributed by atoms with Gasteiger partial charge in [-0.2, -0.15) is 0 Å². The van der Waals surface area contributed by atoms with E-state index in [1.807, 2.05) is 72.5 Å². The van der Waals surface area contributed by atoms with Crippen LogP contribution in [0.4, 0.5) is 5.69 Å². The molecule has 1 unspecified atom stereocenters. The molecular formula is C26H27N3O3. The number of rotatable bonds is 6. The topological polar surface area (TPSA) is 71.5 Å². The Bertz CT molecular complexity index is 1070. The Morgan fingerprint density at radius 3 is 2.72 bits per heavy atom. The van der Waals surface area contributed by atoms with Crippen molar-refractivity contribution in [1.82, 2.24) is 9.88 Å². The largest absolute Gasteiger partial charge is 0.455 e. The van der Waals surface area contributed by atoms with E-state index < -0.39 is 0 Å². The molecule has 0 spiro atoms. The lowest BCUT2D eigenvalue weighted by molar-refractivity contribution is -0.133. The van der Waals surface area contributed by atoms with Crippen molar-refractivity contribution < 1.29 is 14.3 Å². The number of nitrogens with one attached hydrogen (secondary N) is 1. The standard InChI is InChI=1S/C26H27N3O3/c1-19-15-22(11-12-24(19)32-23-10-5-13-27-17-23)28-26(31)21-9-6-14-29(18-21)25(30)16-20-7-3-2-4-8-20/h2-5,7-8,10-13,15,17,21H,6,9,14,16,18H2,1H3,(H,28,31). The van der Waals surface area contributed by atoms with Crippen molar-refractivity contribution in [2.24, 2.45) is 5.92 Å². The van der Waals surface area contributed by atoms with E-state index in [1.54, 1.807) is 12.4 Å². The van der Waals surface area contributed by atoms with Gasteiger partial charge in [0.05, 0.1) is 18.5 Å². The summed E-state index contributed by atoms with van der Waals surface area (Å²) in [7, 11) is 0. The fraction of sp³-hybridized carbons (Fsp3) is 0.269. The summed E-state index contributed by atoms with van der Waals surface area (Å²) in [5, 5.41) is 3.01. The first-order valence-electron chi connectivity index (χ1n) is 10.9. The number of benzene rings is 2. The van der Waals surface area contributed by atoms with Gasteiger partial charge in [-0.25, -0.2) is 0 Å². The molecule has 6 heteroatoms. The average molecular weight is 430 g/mol. The van der Waals surface area contributed by atoms with Gasteiger partial charge in [-0.1, -0.05) is 30.3 Å². The van der Waals surface area contributed by atoms with E-state index in [4.69, 9.17) is 4.74 Å². The Morgan fingerprint density at radius 2 is 1.97 bits per heavy atom. The predicted octanol–water partition coefficient (Wildman–Crippen LogP) is 4.60. The number of pyridine rings is 1. The fourth-order valence-electron chi connectivity index (χ4n) is 3.92. The van der Waals surface area contributed by atoms with E-state index in [1.165, 1.54) is 0 Å². The van der Waals surface area contributed by atoms with Gasteiger partial charge in [-0.15, -0.1) is 0 Å². The summed E-state index contributed by atoms with van der Waals surface area (Å²) < 4.78 is 5.86. The number of hydrogen-bond acceptors (Lipinski definition) is 4. The highest BCUT2D eigenvalue weighted by Gasteiger charge is 2.28. The summed E-state index contributed by atoms with van der Waals surface area (Å²) in [5.74, 6) is 1.18. The molecule has 0 radical (unpaired) electrons. The third kappa shape index (κ3) is 5.52. The summed E-state index contributed by atoms with van der Waals surface area (Å²) in [6, 6.07) is 18.9. The van der Waals surface area contributed by atoms with Gasteiger partial charge in [-0.3, -0.25) is 14.6 Å². The Hall–Kier alpha value is -3.67. The number of carbonyl (C=O) groups excluding carboxylic acids is 2. The van der Waals surface area contributed by atoms with Crippen LogP contribution in [0.2, 0.25) is 0 Å². The summed E-state index contributed by atoms with van der Waals surface area (Å²) in [6.45, 7) is 3.10. The van der Waals surface area contributed by atoms with Crippen LogP contribution < -0.4 is 10.1 Å². The second-order valence-corrected chi connectivity index (χ2v) is 8.10. The van der Waals surface area contributed by atoms with Crippen molar-refractivity contribution in [2.75, 3.05) is 18.4 Å². The summed E-state index contributed by atoms with van der Waals surface area (Å²) in [5.41, 5.74) is 2.63. The minimum absolute atomic E-state index is 0.0532. The van der Waals surface area contributed by atoms with Crippen LogP contribution in [0.1, 0.15) is 24.0 Å². The SMILES string of the molecule is Cc1cc(NC(=O)C2CCCN(C(=O)Cc3ccccc3)C2)ccc1Oc1cccnc1. The highest BCUT2D eigenvalue weighted by atomic mass is 16.5. The maximum absolute atomic E-state index is 12.9. The van der Waals surface area contributed by atoms with Crippen LogP contribution in [0.5, 0.6) is 11.5 Å². The smallest absolute Gasteiger partial charge is 0.229 e. The molecule has 1 aliphatic heterocycles. The van der Waals surface area contributed by atoms with Gasteiger partial charge < -0.3 is 15.0 Å². The molecule has 1 saturated heterocycles. The number of amides is 2. The quantitative estimate of drug-likeness (QED) is 0.622. The first-order chi connectivity index (χ1) is 15.6. The number of nitrogens with zero attached hydrogens (tertiary/aromatic N) is 2. The summed E-state index contributed by atoms with van der Waals surface area (Å²) in [6.07, 6.45) is 5.33. The second kappa shape index (κ2) is 10.1. The van der Waals surface area contributed by atoms with E-state index in [0.717, 1.165) is 29.7 Å². The van der Waals surface area contributed by atoms with Crippen LogP contribution >= 0.6 is 0 Å². The number of aromatic nitrogens is 1. The molecule has 6 nitrogen and oxygen atoms in total. The number of hydrogen-bond donors (Lipinski definition) is 1. The van der Waals surface area contributed by atoms with Gasteiger partial charge in [0.1, 0.15) is 11.5 Å². The molecule has 1 atom stereocenters. The molecule has 1 aliphatic rings. The zero-order valence-corrected chi connectivity index (χ0v) is 18.2. The number of piperidine rings is 1. The van der Waals surface area contributed by atoms with Crippen molar-refractivity contribution >= 4 is 17.5 Å². The van der Waals surface area contributed by atoms with Gasteiger partial charge in [0.15, 0.2) is 0 Å². The number of likely N-dealkylation sites (tertiary alicyclic amines) is 1. The Balaban J connectivity index is 1.35. The molecule has 2 amide bonds. The average Bonchev–Trinajstić information content (AvgIpc) is 2.82. The molecular weight excluding hydrogens is 402 g/mol. The van der Waals surface area contributed by atoms with E-state index in [-0.39, 0.29) is 17.7 Å². The van der Waals surface area contributed by atoms with E-state index in [9.17, 15) is 9.59 Å². The number of carbonyl (C=O) groups is 2. The third-order valence-electron chi connectivity index (χ3n) is 5.65. The van der Waals surface area contributed by atoms with Gasteiger partial charge in [0.2, 0.25) is 11.8 Å². The first-order valence-corrected chi connectivity index (χ1v) is 10.9. The first kappa shape index (κ1) is 21.6. The molecule has 0 saturated carbocycles. The van der Waals surface area contributed by atoms with Gasteiger partial charge in [0.25, 0.3) is 0 Å². The molecule has 0 aliphatic carbocycles. The van der Waals surface area contributed by atoms with Gasteiger partial charge in [-0.05, 0) is 61.2 Å². The number of aryl methyl sites for hydroxylation is 1. The van der Waals surface area contributed by atoms with Crippen molar-refractivity contribution in [1.29, 1.82) is 0 Å². The monoisotopic (exact) mass is 429 g/mol. The maximum Gasteiger partial charge on any atom is 0.229 e. The van der Waals surface area contributed by atoms with Crippen LogP contribution in [0.15, 0.2) is 73.1 Å². The molecule has 1 aromatic heterocycles. The zero-order chi connectivity index (χ0) is 22.3. The van der Waals surface area contributed by atoms with Crippen molar-refractivity contribution in [3.63, 3.8) is 0 Å². The molecule has 3 aromatic rings. The third-order valence-corrected chi connectivity index (χ3v) is 5.65. The lowest BCUT2D eigenvalue weighted by Crippen LogP contribution is -2.44. The van der Waals surface area contributed by atoms with Crippen LogP contribution in [0, 0.1) is 12.8 Å². The van der Waals surface area contributed by atoms with Crippen molar-refractivity contribution in [2.45, 2.75) is 26.2 Å². The van der Waals surface area contributed by atoms with E-state index in [0.29, 0.717) is 31.0 Å². The lowest BCUT2D eigenvalue weighted by atomic mass is 9.96. The van der Waals surface area contributed by atoms with E-state index >= 15 is 0 Å².